The molecule has 1 aliphatic heterocycles. The minimum atomic E-state index is 0.547. The molecule has 1 heterocycles. The lowest BCUT2D eigenvalue weighted by Crippen LogP contribution is -2.40. The zero-order chi connectivity index (χ0) is 13.0. The smallest absolute Gasteiger partial charge is 0.0320 e. The van der Waals surface area contributed by atoms with Crippen molar-refractivity contribution in [1.29, 1.82) is 0 Å². The molecule has 0 aliphatic carbocycles. The largest absolute Gasteiger partial charge is 0.319 e. The molecule has 100 valence electrons. The zero-order valence-electron chi connectivity index (χ0n) is 11.9. The van der Waals surface area contributed by atoms with E-state index >= 15 is 0 Å². The van der Waals surface area contributed by atoms with E-state index in [0.29, 0.717) is 6.04 Å². The van der Waals surface area contributed by atoms with Gasteiger partial charge in [0.15, 0.2) is 0 Å². The molecule has 2 nitrogen and oxygen atoms in total. The van der Waals surface area contributed by atoms with Crippen LogP contribution in [0.15, 0.2) is 24.3 Å². The third-order valence-electron chi connectivity index (χ3n) is 4.15. The summed E-state index contributed by atoms with van der Waals surface area (Å²) in [5.74, 6) is 0.816. The Morgan fingerprint density at radius 1 is 1.33 bits per heavy atom. The van der Waals surface area contributed by atoms with Crippen LogP contribution in [0, 0.1) is 12.8 Å². The molecule has 18 heavy (non-hydrogen) atoms. The first kappa shape index (κ1) is 13.6. The Morgan fingerprint density at radius 2 is 2.06 bits per heavy atom. The molecule has 2 atom stereocenters. The van der Waals surface area contributed by atoms with Gasteiger partial charge in [-0.15, -0.1) is 0 Å². The van der Waals surface area contributed by atoms with Crippen LogP contribution < -0.4 is 5.32 Å². The highest BCUT2D eigenvalue weighted by Crippen LogP contribution is 2.26. The summed E-state index contributed by atoms with van der Waals surface area (Å²) in [6, 6.07) is 9.55. The Bertz CT molecular complexity index is 356. The summed E-state index contributed by atoms with van der Waals surface area (Å²) in [7, 11) is 2.06. The van der Waals surface area contributed by atoms with Gasteiger partial charge in [0.2, 0.25) is 0 Å². The Morgan fingerprint density at radius 3 is 2.72 bits per heavy atom. The number of hydrogen-bond donors (Lipinski definition) is 1. The highest BCUT2D eigenvalue weighted by atomic mass is 15.2. The van der Waals surface area contributed by atoms with Gasteiger partial charge >= 0.3 is 0 Å². The second-order valence-corrected chi connectivity index (χ2v) is 5.65. The van der Waals surface area contributed by atoms with Crippen LogP contribution in [0.3, 0.4) is 0 Å². The second kappa shape index (κ2) is 6.35. The maximum Gasteiger partial charge on any atom is 0.0320 e. The van der Waals surface area contributed by atoms with Gasteiger partial charge in [0.25, 0.3) is 0 Å². The van der Waals surface area contributed by atoms with Crippen molar-refractivity contribution in [1.82, 2.24) is 10.2 Å². The van der Waals surface area contributed by atoms with Crippen LogP contribution in [-0.2, 0) is 0 Å². The van der Waals surface area contributed by atoms with E-state index in [9.17, 15) is 0 Å². The van der Waals surface area contributed by atoms with E-state index in [1.165, 1.54) is 37.1 Å². The first-order valence-electron chi connectivity index (χ1n) is 7.16. The van der Waals surface area contributed by atoms with E-state index in [0.717, 1.165) is 12.5 Å². The van der Waals surface area contributed by atoms with Gasteiger partial charge in [0.1, 0.15) is 0 Å². The molecule has 0 spiro atoms. The Balaban J connectivity index is 1.99. The summed E-state index contributed by atoms with van der Waals surface area (Å²) < 4.78 is 0. The van der Waals surface area contributed by atoms with Crippen LogP contribution in [0.1, 0.15) is 36.9 Å². The van der Waals surface area contributed by atoms with Gasteiger partial charge in [0.05, 0.1) is 0 Å². The minimum absolute atomic E-state index is 0.547. The first-order chi connectivity index (χ1) is 8.70. The van der Waals surface area contributed by atoms with E-state index in [-0.39, 0.29) is 0 Å². The third kappa shape index (κ3) is 3.33. The fourth-order valence-electron chi connectivity index (χ4n) is 2.96. The van der Waals surface area contributed by atoms with Crippen molar-refractivity contribution in [2.24, 2.45) is 5.92 Å². The number of hydrogen-bond acceptors (Lipinski definition) is 2. The van der Waals surface area contributed by atoms with E-state index in [2.05, 4.69) is 55.4 Å². The molecule has 1 saturated heterocycles. The monoisotopic (exact) mass is 246 g/mol. The molecule has 2 rings (SSSR count). The number of benzene rings is 1. The molecule has 0 bridgehead atoms. The predicted octanol–water partition coefficient (Wildman–Crippen LogP) is 2.99. The molecule has 1 aromatic carbocycles. The summed E-state index contributed by atoms with van der Waals surface area (Å²) in [4.78, 5) is 2.64. The summed E-state index contributed by atoms with van der Waals surface area (Å²) in [6.07, 6.45) is 2.71. The van der Waals surface area contributed by atoms with Crippen LogP contribution in [0.5, 0.6) is 0 Å². The van der Waals surface area contributed by atoms with Crippen molar-refractivity contribution in [3.8, 4) is 0 Å². The standard InChI is InChI=1S/C16H26N2/c1-13-6-8-16(9-7-13)14(2)18-10-4-5-15(12-18)11-17-3/h6-9,14-15,17H,4-5,10-12H2,1-3H3. The Kier molecular flexibility index (Phi) is 4.79. The fraction of sp³-hybridized carbons (Fsp3) is 0.625. The lowest BCUT2D eigenvalue weighted by Gasteiger charge is -2.37. The zero-order valence-corrected chi connectivity index (χ0v) is 11.9. The van der Waals surface area contributed by atoms with E-state index < -0.39 is 0 Å². The van der Waals surface area contributed by atoms with Crippen LogP contribution in [0.4, 0.5) is 0 Å². The molecule has 1 N–H and O–H groups in total. The first-order valence-corrected chi connectivity index (χ1v) is 7.16. The van der Waals surface area contributed by atoms with Crippen LogP contribution in [0.2, 0.25) is 0 Å². The molecule has 0 radical (unpaired) electrons. The summed E-state index contributed by atoms with van der Waals surface area (Å²) in [5, 5.41) is 3.32. The van der Waals surface area contributed by atoms with Gasteiger partial charge in [-0.2, -0.15) is 0 Å². The lowest BCUT2D eigenvalue weighted by molar-refractivity contribution is 0.131. The molecule has 2 heteroatoms. The average molecular weight is 246 g/mol. The number of aryl methyl sites for hydroxylation is 1. The summed E-state index contributed by atoms with van der Waals surface area (Å²) in [6.45, 7) is 8.12. The normalized spacial score (nSPS) is 22.9. The maximum absolute atomic E-state index is 3.32. The fourth-order valence-corrected chi connectivity index (χ4v) is 2.96. The van der Waals surface area contributed by atoms with Gasteiger partial charge in [-0.3, -0.25) is 4.90 Å². The molecule has 1 aromatic rings. The highest BCUT2D eigenvalue weighted by molar-refractivity contribution is 5.23. The number of nitrogens with zero attached hydrogens (tertiary/aromatic N) is 1. The van der Waals surface area contributed by atoms with Gasteiger partial charge in [0, 0.05) is 12.6 Å². The predicted molar refractivity (Wildman–Crippen MR) is 77.8 cm³/mol. The maximum atomic E-state index is 3.32. The van der Waals surface area contributed by atoms with Crippen molar-refractivity contribution < 1.29 is 0 Å². The number of piperidine rings is 1. The molecular formula is C16H26N2. The van der Waals surface area contributed by atoms with Gasteiger partial charge in [-0.05, 0) is 58.3 Å². The van der Waals surface area contributed by atoms with Crippen molar-refractivity contribution in [3.63, 3.8) is 0 Å². The third-order valence-corrected chi connectivity index (χ3v) is 4.15. The SMILES string of the molecule is CNCC1CCCN(C(C)c2ccc(C)cc2)C1. The van der Waals surface area contributed by atoms with E-state index in [1.807, 2.05) is 0 Å². The lowest BCUT2D eigenvalue weighted by atomic mass is 9.95. The Labute approximate surface area is 111 Å². The number of nitrogens with one attached hydrogen (secondary N) is 1. The molecule has 0 aromatic heterocycles. The van der Waals surface area contributed by atoms with Crippen LogP contribution in [0.25, 0.3) is 0 Å². The highest BCUT2D eigenvalue weighted by Gasteiger charge is 2.23. The molecule has 2 unspecified atom stereocenters. The van der Waals surface area contributed by atoms with E-state index in [1.54, 1.807) is 0 Å². The summed E-state index contributed by atoms with van der Waals surface area (Å²) >= 11 is 0. The molecule has 0 saturated carbocycles. The molecule has 1 fully saturated rings. The molecule has 0 amide bonds. The van der Waals surface area contributed by atoms with Crippen LogP contribution in [-0.4, -0.2) is 31.6 Å². The van der Waals surface area contributed by atoms with Crippen molar-refractivity contribution in [3.05, 3.63) is 35.4 Å². The Hall–Kier alpha value is -0.860. The van der Waals surface area contributed by atoms with Crippen molar-refractivity contribution in [2.45, 2.75) is 32.7 Å². The number of rotatable bonds is 4. The topological polar surface area (TPSA) is 15.3 Å². The molecule has 1 aliphatic rings. The second-order valence-electron chi connectivity index (χ2n) is 5.65. The van der Waals surface area contributed by atoms with Crippen LogP contribution >= 0.6 is 0 Å². The summed E-state index contributed by atoms with van der Waals surface area (Å²) in [5.41, 5.74) is 2.79. The number of likely N-dealkylation sites (tertiary alicyclic amines) is 1. The minimum Gasteiger partial charge on any atom is -0.319 e. The van der Waals surface area contributed by atoms with E-state index in [4.69, 9.17) is 0 Å². The molecular weight excluding hydrogens is 220 g/mol. The quantitative estimate of drug-likeness (QED) is 0.878. The van der Waals surface area contributed by atoms with Gasteiger partial charge in [-0.25, -0.2) is 0 Å². The van der Waals surface area contributed by atoms with Crippen molar-refractivity contribution in [2.75, 3.05) is 26.7 Å². The van der Waals surface area contributed by atoms with Gasteiger partial charge in [-0.1, -0.05) is 29.8 Å². The van der Waals surface area contributed by atoms with Gasteiger partial charge < -0.3 is 5.32 Å². The average Bonchev–Trinajstić information content (AvgIpc) is 2.39. The van der Waals surface area contributed by atoms with Crippen molar-refractivity contribution >= 4 is 0 Å².